The van der Waals surface area contributed by atoms with E-state index in [0.29, 0.717) is 5.92 Å². The molecule has 0 fully saturated rings. The van der Waals surface area contributed by atoms with Crippen LogP contribution in [-0.4, -0.2) is 28.0 Å². The van der Waals surface area contributed by atoms with Crippen LogP contribution in [0.1, 0.15) is 47.3 Å². The number of sulfonamides is 1. The number of rotatable bonds is 7. The number of hydrogen-bond acceptors (Lipinski definition) is 5. The maximum Gasteiger partial charge on any atom is 0.337 e. The van der Waals surface area contributed by atoms with Gasteiger partial charge >= 0.3 is 5.97 Å². The number of carbonyl (C=O) groups excluding carboxylic acids is 1. The molecule has 7 heteroatoms. The van der Waals surface area contributed by atoms with Crippen LogP contribution in [-0.2, 0) is 14.8 Å². The van der Waals surface area contributed by atoms with E-state index in [1.165, 1.54) is 36.9 Å². The van der Waals surface area contributed by atoms with Crippen LogP contribution in [0.5, 0.6) is 0 Å². The number of ether oxygens (including phenoxy) is 1. The number of methoxy groups -OCH3 is 1. The second-order valence-corrected chi connectivity index (χ2v) is 8.07. The van der Waals surface area contributed by atoms with Crippen molar-refractivity contribution in [1.82, 2.24) is 4.72 Å². The van der Waals surface area contributed by atoms with Crippen LogP contribution in [0.25, 0.3) is 0 Å². The Bertz CT molecular complexity index is 861. The Labute approximate surface area is 154 Å². The second-order valence-electron chi connectivity index (χ2n) is 6.30. The number of esters is 1. The Hall–Kier alpha value is -2.22. The van der Waals surface area contributed by atoms with Gasteiger partial charge in [-0.3, -0.25) is 0 Å². The molecule has 1 unspecified atom stereocenters. The van der Waals surface area contributed by atoms with E-state index < -0.39 is 22.0 Å². The van der Waals surface area contributed by atoms with Gasteiger partial charge in [-0.1, -0.05) is 44.2 Å². The van der Waals surface area contributed by atoms with Crippen molar-refractivity contribution >= 4 is 16.0 Å². The molecule has 0 aliphatic carbocycles. The molecular weight excluding hydrogens is 352 g/mol. The van der Waals surface area contributed by atoms with Gasteiger partial charge in [0.25, 0.3) is 0 Å². The molecule has 1 atom stereocenters. The lowest BCUT2D eigenvalue weighted by atomic mass is 9.99. The Balaban J connectivity index is 2.08. The summed E-state index contributed by atoms with van der Waals surface area (Å²) in [7, 11) is -2.55. The summed E-state index contributed by atoms with van der Waals surface area (Å²) >= 11 is 0. The Morgan fingerprint density at radius 3 is 2.31 bits per heavy atom. The molecule has 0 aliphatic heterocycles. The summed E-state index contributed by atoms with van der Waals surface area (Å²) in [5.74, 6) is -0.176. The molecule has 0 saturated carbocycles. The molecule has 26 heavy (non-hydrogen) atoms. The third-order valence-corrected chi connectivity index (χ3v) is 5.51. The maximum atomic E-state index is 12.5. The largest absolute Gasteiger partial charge is 0.465 e. The van der Waals surface area contributed by atoms with E-state index in [1.807, 2.05) is 24.3 Å². The summed E-state index contributed by atoms with van der Waals surface area (Å²) < 4.78 is 32.0. The van der Waals surface area contributed by atoms with Crippen molar-refractivity contribution in [3.05, 3.63) is 65.2 Å². The van der Waals surface area contributed by atoms with Gasteiger partial charge in [-0.15, -0.1) is 0 Å². The van der Waals surface area contributed by atoms with Gasteiger partial charge in [0, 0.05) is 12.6 Å². The van der Waals surface area contributed by atoms with Crippen LogP contribution in [0, 0.1) is 0 Å². The van der Waals surface area contributed by atoms with Crippen LogP contribution in [0.3, 0.4) is 0 Å². The molecule has 0 saturated heterocycles. The van der Waals surface area contributed by atoms with Crippen molar-refractivity contribution < 1.29 is 17.9 Å². The number of hydrogen-bond donors (Lipinski definition) is 2. The maximum absolute atomic E-state index is 12.5. The van der Waals surface area contributed by atoms with Crippen LogP contribution in [0.4, 0.5) is 0 Å². The fourth-order valence-corrected chi connectivity index (χ4v) is 3.54. The van der Waals surface area contributed by atoms with Crippen molar-refractivity contribution in [3.8, 4) is 0 Å². The minimum absolute atomic E-state index is 0.0113. The van der Waals surface area contributed by atoms with E-state index in [4.69, 9.17) is 5.73 Å². The van der Waals surface area contributed by atoms with Gasteiger partial charge in [-0.25, -0.2) is 17.9 Å². The average Bonchev–Trinajstić information content (AvgIpc) is 2.65. The normalized spacial score (nSPS) is 12.8. The van der Waals surface area contributed by atoms with Gasteiger partial charge in [0.15, 0.2) is 0 Å². The highest BCUT2D eigenvalue weighted by molar-refractivity contribution is 7.89. The molecule has 0 bridgehead atoms. The zero-order valence-electron chi connectivity index (χ0n) is 15.1. The molecule has 0 amide bonds. The lowest BCUT2D eigenvalue weighted by Crippen LogP contribution is -2.32. The van der Waals surface area contributed by atoms with Gasteiger partial charge in [0.1, 0.15) is 0 Å². The van der Waals surface area contributed by atoms with E-state index >= 15 is 0 Å². The Morgan fingerprint density at radius 1 is 1.12 bits per heavy atom. The van der Waals surface area contributed by atoms with Crippen molar-refractivity contribution in [1.29, 1.82) is 0 Å². The minimum atomic E-state index is -3.79. The summed E-state index contributed by atoms with van der Waals surface area (Å²) in [5, 5.41) is 0. The Kier molecular flexibility index (Phi) is 6.52. The van der Waals surface area contributed by atoms with Gasteiger partial charge in [-0.05, 0) is 35.2 Å². The van der Waals surface area contributed by atoms with E-state index in [0.717, 1.165) is 5.56 Å². The monoisotopic (exact) mass is 376 g/mol. The van der Waals surface area contributed by atoms with E-state index in [1.54, 1.807) is 0 Å². The first-order valence-electron chi connectivity index (χ1n) is 8.28. The zero-order chi connectivity index (χ0) is 19.3. The molecule has 3 N–H and O–H groups in total. The predicted molar refractivity (Wildman–Crippen MR) is 100 cm³/mol. The summed E-state index contributed by atoms with van der Waals surface area (Å²) in [6, 6.07) is 13.0. The SMILES string of the molecule is COC(=O)c1cccc(S(=O)(=O)NCC(N)c2ccc(C(C)C)cc2)c1. The van der Waals surface area contributed by atoms with Crippen molar-refractivity contribution in [2.45, 2.75) is 30.7 Å². The van der Waals surface area contributed by atoms with E-state index in [2.05, 4.69) is 23.3 Å². The first kappa shape index (κ1) is 20.1. The van der Waals surface area contributed by atoms with Crippen LogP contribution >= 0.6 is 0 Å². The molecule has 0 heterocycles. The standard InChI is InChI=1S/C19H24N2O4S/c1-13(2)14-7-9-15(10-8-14)18(20)12-21-26(23,24)17-6-4-5-16(11-17)19(22)25-3/h4-11,13,18,21H,12,20H2,1-3H3. The molecule has 2 rings (SSSR count). The Morgan fingerprint density at radius 2 is 1.73 bits per heavy atom. The molecule has 2 aromatic carbocycles. The topological polar surface area (TPSA) is 98.5 Å². The minimum Gasteiger partial charge on any atom is -0.465 e. The molecule has 140 valence electrons. The van der Waals surface area contributed by atoms with Gasteiger partial charge < -0.3 is 10.5 Å². The molecule has 6 nitrogen and oxygen atoms in total. The first-order chi connectivity index (χ1) is 12.2. The van der Waals surface area contributed by atoms with E-state index in [-0.39, 0.29) is 17.0 Å². The van der Waals surface area contributed by atoms with Crippen molar-refractivity contribution in [2.24, 2.45) is 5.73 Å². The quantitative estimate of drug-likeness (QED) is 0.724. The average molecular weight is 376 g/mol. The van der Waals surface area contributed by atoms with Gasteiger partial charge in [-0.2, -0.15) is 0 Å². The first-order valence-corrected chi connectivity index (χ1v) is 9.76. The summed E-state index contributed by atoms with van der Waals surface area (Å²) in [6.45, 7) is 4.25. The summed E-state index contributed by atoms with van der Waals surface area (Å²) in [6.07, 6.45) is 0. The lowest BCUT2D eigenvalue weighted by Gasteiger charge is -2.15. The third kappa shape index (κ3) is 4.91. The highest BCUT2D eigenvalue weighted by atomic mass is 32.2. The molecular formula is C19H24N2O4S. The van der Waals surface area contributed by atoms with Crippen LogP contribution < -0.4 is 10.5 Å². The fourth-order valence-electron chi connectivity index (χ4n) is 2.44. The number of benzene rings is 2. The second kappa shape index (κ2) is 8.44. The highest BCUT2D eigenvalue weighted by Crippen LogP contribution is 2.18. The molecule has 0 aliphatic rings. The summed E-state index contributed by atoms with van der Waals surface area (Å²) in [5.41, 5.74) is 8.32. The number of nitrogens with two attached hydrogens (primary N) is 1. The fraction of sp³-hybridized carbons (Fsp3) is 0.316. The van der Waals surface area contributed by atoms with Crippen molar-refractivity contribution in [2.75, 3.05) is 13.7 Å². The van der Waals surface area contributed by atoms with Crippen LogP contribution in [0.15, 0.2) is 53.4 Å². The number of carbonyl (C=O) groups is 1. The smallest absolute Gasteiger partial charge is 0.337 e. The van der Waals surface area contributed by atoms with E-state index in [9.17, 15) is 13.2 Å². The van der Waals surface area contributed by atoms with Gasteiger partial charge in [0.05, 0.1) is 17.6 Å². The zero-order valence-corrected chi connectivity index (χ0v) is 15.9. The molecule has 0 spiro atoms. The molecule has 0 radical (unpaired) electrons. The van der Waals surface area contributed by atoms with Gasteiger partial charge in [0.2, 0.25) is 10.0 Å². The number of nitrogens with one attached hydrogen (secondary N) is 1. The molecule has 0 aromatic heterocycles. The van der Waals surface area contributed by atoms with Crippen LogP contribution in [0.2, 0.25) is 0 Å². The highest BCUT2D eigenvalue weighted by Gasteiger charge is 2.18. The summed E-state index contributed by atoms with van der Waals surface area (Å²) in [4.78, 5) is 11.6. The van der Waals surface area contributed by atoms with Crippen molar-refractivity contribution in [3.63, 3.8) is 0 Å². The molecule has 2 aromatic rings. The third-order valence-electron chi connectivity index (χ3n) is 4.09. The lowest BCUT2D eigenvalue weighted by molar-refractivity contribution is 0.0600. The predicted octanol–water partition coefficient (Wildman–Crippen LogP) is 2.57.